The van der Waals surface area contributed by atoms with Crippen LogP contribution < -0.4 is 20.3 Å². The van der Waals surface area contributed by atoms with Crippen molar-refractivity contribution in [2.24, 2.45) is 4.99 Å². The lowest BCUT2D eigenvalue weighted by Gasteiger charge is -2.26. The summed E-state index contributed by atoms with van der Waals surface area (Å²) in [6.07, 6.45) is 1.08. The van der Waals surface area contributed by atoms with Gasteiger partial charge in [0, 0.05) is 43.0 Å². The van der Waals surface area contributed by atoms with E-state index in [4.69, 9.17) is 4.74 Å². The molecule has 5 nitrogen and oxygen atoms in total. The van der Waals surface area contributed by atoms with Gasteiger partial charge in [-0.1, -0.05) is 32.0 Å². The van der Waals surface area contributed by atoms with Crippen LogP contribution in [0.15, 0.2) is 46.8 Å². The van der Waals surface area contributed by atoms with Gasteiger partial charge in [-0.05, 0) is 30.0 Å². The maximum atomic E-state index is 5.51. The second kappa shape index (κ2) is 10.3. The number of nitrogens with zero attached hydrogens (tertiary/aromatic N) is 2. The van der Waals surface area contributed by atoms with Gasteiger partial charge in [0.2, 0.25) is 0 Å². The van der Waals surface area contributed by atoms with E-state index < -0.39 is 0 Å². The molecule has 1 aromatic carbocycles. The van der Waals surface area contributed by atoms with Crippen molar-refractivity contribution in [3.05, 3.63) is 46.7 Å². The SMILES string of the molecule is CN=C(NCC(C)(C)c1cccs1)NC1CCN(c2ccccc2OC)C1.I. The molecule has 0 amide bonds. The lowest BCUT2D eigenvalue weighted by Crippen LogP contribution is -2.47. The molecule has 1 aromatic heterocycles. The van der Waals surface area contributed by atoms with Gasteiger partial charge in [-0.25, -0.2) is 0 Å². The number of guanidine groups is 1. The number of anilines is 1. The Bertz CT molecular complexity index is 764. The lowest BCUT2D eigenvalue weighted by molar-refractivity contribution is 0.415. The minimum atomic E-state index is 0. The van der Waals surface area contributed by atoms with Gasteiger partial charge in [-0.15, -0.1) is 35.3 Å². The van der Waals surface area contributed by atoms with Crippen molar-refractivity contribution in [1.29, 1.82) is 0 Å². The number of hydrogen-bond acceptors (Lipinski definition) is 4. The number of rotatable bonds is 6. The minimum Gasteiger partial charge on any atom is -0.495 e. The van der Waals surface area contributed by atoms with Crippen molar-refractivity contribution >= 4 is 47.0 Å². The summed E-state index contributed by atoms with van der Waals surface area (Å²) >= 11 is 1.80. The van der Waals surface area contributed by atoms with Crippen molar-refractivity contribution in [2.75, 3.05) is 38.7 Å². The first-order valence-electron chi connectivity index (χ1n) is 9.42. The number of thiophene rings is 1. The zero-order valence-corrected chi connectivity index (χ0v) is 20.2. The Morgan fingerprint density at radius 1 is 1.29 bits per heavy atom. The molecule has 0 bridgehead atoms. The summed E-state index contributed by atoms with van der Waals surface area (Å²) in [6.45, 7) is 7.32. The van der Waals surface area contributed by atoms with E-state index in [1.807, 2.05) is 19.2 Å². The van der Waals surface area contributed by atoms with Crippen LogP contribution in [0.2, 0.25) is 0 Å². The molecule has 7 heteroatoms. The molecule has 1 unspecified atom stereocenters. The number of methoxy groups -OCH3 is 1. The molecule has 0 spiro atoms. The first-order valence-corrected chi connectivity index (χ1v) is 10.3. The molecular weight excluding hydrogens is 483 g/mol. The molecule has 0 saturated carbocycles. The van der Waals surface area contributed by atoms with Crippen molar-refractivity contribution in [3.8, 4) is 5.75 Å². The summed E-state index contributed by atoms with van der Waals surface area (Å²) in [5.74, 6) is 1.80. The predicted molar refractivity (Wildman–Crippen MR) is 131 cm³/mol. The van der Waals surface area contributed by atoms with Gasteiger partial charge in [0.15, 0.2) is 5.96 Å². The Morgan fingerprint density at radius 2 is 2.07 bits per heavy atom. The van der Waals surface area contributed by atoms with E-state index in [9.17, 15) is 0 Å². The van der Waals surface area contributed by atoms with Crippen LogP contribution in [-0.4, -0.2) is 45.8 Å². The summed E-state index contributed by atoms with van der Waals surface area (Å²) in [4.78, 5) is 8.18. The molecule has 2 aromatic rings. The quantitative estimate of drug-likeness (QED) is 0.347. The number of benzene rings is 1. The van der Waals surface area contributed by atoms with Crippen LogP contribution >= 0.6 is 35.3 Å². The summed E-state index contributed by atoms with van der Waals surface area (Å²) in [7, 11) is 3.56. The molecule has 28 heavy (non-hydrogen) atoms. The normalized spacial score (nSPS) is 17.2. The maximum Gasteiger partial charge on any atom is 0.191 e. The topological polar surface area (TPSA) is 48.9 Å². The molecule has 0 aliphatic carbocycles. The zero-order valence-electron chi connectivity index (χ0n) is 17.1. The summed E-state index contributed by atoms with van der Waals surface area (Å²) in [5, 5.41) is 9.22. The highest BCUT2D eigenvalue weighted by Crippen LogP contribution is 2.30. The zero-order chi connectivity index (χ0) is 19.3. The van der Waals surface area contributed by atoms with Crippen LogP contribution in [0.5, 0.6) is 5.75 Å². The number of ether oxygens (including phenoxy) is 1. The van der Waals surface area contributed by atoms with Crippen molar-refractivity contribution in [2.45, 2.75) is 31.7 Å². The summed E-state index contributed by atoms with van der Waals surface area (Å²) in [5.41, 5.74) is 1.23. The molecule has 1 saturated heterocycles. The van der Waals surface area contributed by atoms with Gasteiger partial charge in [0.1, 0.15) is 5.75 Å². The molecule has 2 N–H and O–H groups in total. The molecule has 2 heterocycles. The Labute approximate surface area is 189 Å². The first kappa shape index (κ1) is 22.8. The molecule has 154 valence electrons. The van der Waals surface area contributed by atoms with Crippen LogP contribution in [0.1, 0.15) is 25.1 Å². The number of hydrogen-bond donors (Lipinski definition) is 2. The Hall–Kier alpha value is -1.48. The molecule has 3 rings (SSSR count). The largest absolute Gasteiger partial charge is 0.495 e. The van der Waals surface area contributed by atoms with E-state index in [1.165, 1.54) is 4.88 Å². The summed E-state index contributed by atoms with van der Waals surface area (Å²) in [6, 6.07) is 12.9. The standard InChI is InChI=1S/C21H30N4OS.HI/c1-21(2,19-10-7-13-27-19)15-23-20(22-3)24-16-11-12-25(14-16)17-8-5-6-9-18(17)26-4;/h5-10,13,16H,11-12,14-15H2,1-4H3,(H2,22,23,24);1H. The highest BCUT2D eigenvalue weighted by Gasteiger charge is 2.26. The van der Waals surface area contributed by atoms with E-state index in [0.717, 1.165) is 43.5 Å². The minimum absolute atomic E-state index is 0. The fraction of sp³-hybridized carbons (Fsp3) is 0.476. The Morgan fingerprint density at radius 3 is 2.75 bits per heavy atom. The van der Waals surface area contributed by atoms with Gasteiger partial charge >= 0.3 is 0 Å². The van der Waals surface area contributed by atoms with Gasteiger partial charge in [-0.2, -0.15) is 0 Å². The average molecular weight is 514 g/mol. The number of aliphatic imine (C=N–C) groups is 1. The number of halogens is 1. The average Bonchev–Trinajstić information content (AvgIpc) is 3.37. The van der Waals surface area contributed by atoms with Gasteiger partial charge in [0.05, 0.1) is 12.8 Å². The Kier molecular flexibility index (Phi) is 8.42. The van der Waals surface area contributed by atoms with Crippen LogP contribution in [0, 0.1) is 0 Å². The third-order valence-corrected chi connectivity index (χ3v) is 6.30. The van der Waals surface area contributed by atoms with E-state index in [2.05, 4.69) is 64.0 Å². The van der Waals surface area contributed by atoms with Crippen molar-refractivity contribution in [1.82, 2.24) is 10.6 Å². The van der Waals surface area contributed by atoms with Gasteiger partial charge < -0.3 is 20.3 Å². The monoisotopic (exact) mass is 514 g/mol. The highest BCUT2D eigenvalue weighted by atomic mass is 127. The predicted octanol–water partition coefficient (Wildman–Crippen LogP) is 4.10. The fourth-order valence-corrected chi connectivity index (χ4v) is 4.28. The van der Waals surface area contributed by atoms with Gasteiger partial charge in [0.25, 0.3) is 0 Å². The number of para-hydroxylation sites is 2. The van der Waals surface area contributed by atoms with Crippen LogP contribution in [0.25, 0.3) is 0 Å². The lowest BCUT2D eigenvalue weighted by atomic mass is 9.91. The third kappa shape index (κ3) is 5.53. The third-order valence-electron chi connectivity index (χ3n) is 5.06. The van der Waals surface area contributed by atoms with Crippen molar-refractivity contribution in [3.63, 3.8) is 0 Å². The van der Waals surface area contributed by atoms with E-state index in [-0.39, 0.29) is 29.4 Å². The molecule has 1 atom stereocenters. The molecule has 1 fully saturated rings. The second-order valence-electron chi connectivity index (χ2n) is 7.53. The molecule has 0 radical (unpaired) electrons. The summed E-state index contributed by atoms with van der Waals surface area (Å²) < 4.78 is 5.51. The van der Waals surface area contributed by atoms with Crippen LogP contribution in [-0.2, 0) is 5.41 Å². The second-order valence-corrected chi connectivity index (χ2v) is 8.48. The van der Waals surface area contributed by atoms with Crippen molar-refractivity contribution < 1.29 is 4.74 Å². The van der Waals surface area contributed by atoms with Crippen LogP contribution in [0.3, 0.4) is 0 Å². The molecular formula is C21H31IN4OS. The van der Waals surface area contributed by atoms with Crippen LogP contribution in [0.4, 0.5) is 5.69 Å². The van der Waals surface area contributed by atoms with E-state index in [1.54, 1.807) is 18.4 Å². The molecule has 1 aliphatic heterocycles. The number of nitrogens with one attached hydrogen (secondary N) is 2. The van der Waals surface area contributed by atoms with Gasteiger partial charge in [-0.3, -0.25) is 4.99 Å². The first-order chi connectivity index (χ1) is 13.0. The smallest absolute Gasteiger partial charge is 0.191 e. The fourth-order valence-electron chi connectivity index (χ4n) is 3.43. The highest BCUT2D eigenvalue weighted by molar-refractivity contribution is 14.0. The Balaban J connectivity index is 0.00000280. The van der Waals surface area contributed by atoms with E-state index in [0.29, 0.717) is 6.04 Å². The molecule has 1 aliphatic rings. The van der Waals surface area contributed by atoms with E-state index >= 15 is 0 Å². The maximum absolute atomic E-state index is 5.51.